The summed E-state index contributed by atoms with van der Waals surface area (Å²) >= 11 is 0. The number of piperazine rings is 1. The van der Waals surface area contributed by atoms with E-state index in [1.54, 1.807) is 9.58 Å². The third kappa shape index (κ3) is 5.25. The third-order valence-corrected chi connectivity index (χ3v) is 6.85. The first-order chi connectivity index (χ1) is 19.6. The second kappa shape index (κ2) is 10.0. The van der Waals surface area contributed by atoms with Gasteiger partial charge in [0, 0.05) is 24.3 Å². The molecule has 1 fully saturated rings. The van der Waals surface area contributed by atoms with Crippen LogP contribution in [0.15, 0.2) is 47.1 Å². The summed E-state index contributed by atoms with van der Waals surface area (Å²) in [5, 5.41) is 12.2. The standard InChI is InChI=1S/C29H33N9O3/c1-16-12-17(2)24-20(13-16)35-27(40-24)34-19-8-6-18(7-9-19)23-22-25(30)32-15-33-26(22)38(36-23)21-14-37(11-10-31-21)28(39)41-29(3,4)5/h6-9,12-13,15,21,31H,10-11,14H2,1-5H3,(H,34,35)(H2,30,32,33). The molecule has 1 aliphatic rings. The van der Waals surface area contributed by atoms with E-state index < -0.39 is 5.60 Å². The maximum absolute atomic E-state index is 12.8. The maximum Gasteiger partial charge on any atom is 0.410 e. The Kier molecular flexibility index (Phi) is 6.49. The molecular weight excluding hydrogens is 522 g/mol. The van der Waals surface area contributed by atoms with Crippen LogP contribution in [0.25, 0.3) is 33.4 Å². The minimum absolute atomic E-state index is 0.325. The Labute approximate surface area is 236 Å². The summed E-state index contributed by atoms with van der Waals surface area (Å²) in [6, 6.07) is 12.2. The molecule has 1 aliphatic heterocycles. The van der Waals surface area contributed by atoms with Crippen molar-refractivity contribution >= 4 is 45.7 Å². The van der Waals surface area contributed by atoms with Gasteiger partial charge in [0.05, 0.1) is 11.9 Å². The lowest BCUT2D eigenvalue weighted by molar-refractivity contribution is 0.0161. The summed E-state index contributed by atoms with van der Waals surface area (Å²) in [5.41, 5.74) is 12.4. The number of hydrogen-bond donors (Lipinski definition) is 3. The molecule has 0 radical (unpaired) electrons. The number of fused-ring (bicyclic) bond motifs is 2. The van der Waals surface area contributed by atoms with Crippen molar-refractivity contribution in [2.24, 2.45) is 0 Å². The van der Waals surface area contributed by atoms with E-state index in [2.05, 4.69) is 31.7 Å². The molecule has 3 aromatic heterocycles. The number of aryl methyl sites for hydroxylation is 2. The highest BCUT2D eigenvalue weighted by atomic mass is 16.6. The fourth-order valence-corrected chi connectivity index (χ4v) is 5.07. The zero-order valence-corrected chi connectivity index (χ0v) is 23.7. The lowest BCUT2D eigenvalue weighted by Gasteiger charge is -2.34. The van der Waals surface area contributed by atoms with Crippen molar-refractivity contribution < 1.29 is 13.9 Å². The van der Waals surface area contributed by atoms with Gasteiger partial charge in [0.1, 0.15) is 35.1 Å². The molecule has 41 heavy (non-hydrogen) atoms. The van der Waals surface area contributed by atoms with Gasteiger partial charge in [-0.1, -0.05) is 18.2 Å². The number of ether oxygens (including phenoxy) is 1. The molecule has 4 heterocycles. The van der Waals surface area contributed by atoms with Crippen LogP contribution in [0.2, 0.25) is 0 Å². The normalized spacial score (nSPS) is 15.9. The molecule has 212 valence electrons. The number of anilines is 3. The molecule has 0 bridgehead atoms. The molecule has 1 amide bonds. The highest BCUT2D eigenvalue weighted by Crippen LogP contribution is 2.33. The molecule has 0 saturated carbocycles. The summed E-state index contributed by atoms with van der Waals surface area (Å²) in [6.45, 7) is 11.1. The van der Waals surface area contributed by atoms with E-state index in [0.717, 1.165) is 33.5 Å². The highest BCUT2D eigenvalue weighted by Gasteiger charge is 2.30. The Morgan fingerprint density at radius 2 is 1.95 bits per heavy atom. The van der Waals surface area contributed by atoms with Crippen LogP contribution < -0.4 is 16.4 Å². The molecule has 4 N–H and O–H groups in total. The molecule has 0 aliphatic carbocycles. The second-order valence-corrected chi connectivity index (χ2v) is 11.3. The van der Waals surface area contributed by atoms with Crippen LogP contribution in [-0.2, 0) is 4.74 Å². The van der Waals surface area contributed by atoms with E-state index in [9.17, 15) is 4.79 Å². The average Bonchev–Trinajstić information content (AvgIpc) is 3.51. The van der Waals surface area contributed by atoms with E-state index in [1.807, 2.05) is 65.0 Å². The number of rotatable bonds is 4. The number of carbonyl (C=O) groups excluding carboxylic acids is 1. The van der Waals surface area contributed by atoms with Gasteiger partial charge < -0.3 is 25.1 Å². The number of hydrogen-bond acceptors (Lipinski definition) is 10. The van der Waals surface area contributed by atoms with E-state index in [1.165, 1.54) is 6.33 Å². The number of nitrogens with zero attached hydrogens (tertiary/aromatic N) is 6. The SMILES string of the molecule is Cc1cc(C)c2oc(Nc3ccc(-c4nn(C5CN(C(=O)OC(C)(C)C)CCN5)c5ncnc(N)c45)cc3)nc2c1. The van der Waals surface area contributed by atoms with Gasteiger partial charge in [-0.2, -0.15) is 10.1 Å². The van der Waals surface area contributed by atoms with Gasteiger partial charge in [0.2, 0.25) is 0 Å². The molecule has 1 atom stereocenters. The van der Waals surface area contributed by atoms with Gasteiger partial charge in [-0.05, 0) is 63.9 Å². The zero-order valence-electron chi connectivity index (χ0n) is 23.7. The quantitative estimate of drug-likeness (QED) is 0.279. The van der Waals surface area contributed by atoms with Crippen molar-refractivity contribution in [2.45, 2.75) is 46.4 Å². The molecule has 12 nitrogen and oxygen atoms in total. The monoisotopic (exact) mass is 555 g/mol. The fraction of sp³-hybridized carbons (Fsp3) is 0.345. The van der Waals surface area contributed by atoms with Crippen molar-refractivity contribution in [2.75, 3.05) is 30.7 Å². The Morgan fingerprint density at radius 1 is 1.17 bits per heavy atom. The summed E-state index contributed by atoms with van der Waals surface area (Å²) in [6.07, 6.45) is 0.737. The van der Waals surface area contributed by atoms with E-state index >= 15 is 0 Å². The Bertz CT molecular complexity index is 1750. The van der Waals surface area contributed by atoms with Crippen molar-refractivity contribution in [1.29, 1.82) is 0 Å². The third-order valence-electron chi connectivity index (χ3n) is 6.85. The molecule has 6 rings (SSSR count). The molecule has 12 heteroatoms. The average molecular weight is 556 g/mol. The smallest absolute Gasteiger partial charge is 0.410 e. The van der Waals surface area contributed by atoms with Gasteiger partial charge in [0.15, 0.2) is 11.2 Å². The zero-order chi connectivity index (χ0) is 28.9. The second-order valence-electron chi connectivity index (χ2n) is 11.3. The van der Waals surface area contributed by atoms with Gasteiger partial charge >= 0.3 is 6.09 Å². The summed E-state index contributed by atoms with van der Waals surface area (Å²) in [5.74, 6) is 0.329. The number of nitrogen functional groups attached to an aromatic ring is 1. The van der Waals surface area contributed by atoms with Crippen molar-refractivity contribution in [3.63, 3.8) is 0 Å². The number of aromatic nitrogens is 5. The highest BCUT2D eigenvalue weighted by molar-refractivity contribution is 5.98. The van der Waals surface area contributed by atoms with Crippen LogP contribution in [0.1, 0.15) is 38.1 Å². The van der Waals surface area contributed by atoms with Crippen molar-refractivity contribution in [3.05, 3.63) is 53.9 Å². The maximum atomic E-state index is 12.8. The van der Waals surface area contributed by atoms with Gasteiger partial charge in [-0.25, -0.2) is 19.4 Å². The van der Waals surface area contributed by atoms with Crippen LogP contribution in [0.5, 0.6) is 0 Å². The van der Waals surface area contributed by atoms with Gasteiger partial charge in [0.25, 0.3) is 6.01 Å². The first-order valence-electron chi connectivity index (χ1n) is 13.5. The molecule has 2 aromatic carbocycles. The van der Waals surface area contributed by atoms with Crippen LogP contribution >= 0.6 is 0 Å². The van der Waals surface area contributed by atoms with Crippen LogP contribution in [-0.4, -0.2) is 61.0 Å². The van der Waals surface area contributed by atoms with Crippen molar-refractivity contribution in [3.8, 4) is 11.3 Å². The van der Waals surface area contributed by atoms with Crippen LogP contribution in [0.4, 0.5) is 22.3 Å². The number of carbonyl (C=O) groups is 1. The largest absolute Gasteiger partial charge is 0.444 e. The summed E-state index contributed by atoms with van der Waals surface area (Å²) < 4.78 is 13.3. The van der Waals surface area contributed by atoms with E-state index in [4.69, 9.17) is 20.0 Å². The van der Waals surface area contributed by atoms with E-state index in [0.29, 0.717) is 48.2 Å². The van der Waals surface area contributed by atoms with Crippen molar-refractivity contribution in [1.82, 2.24) is 34.9 Å². The molecular formula is C29H33N9O3. The molecule has 1 unspecified atom stereocenters. The summed E-state index contributed by atoms with van der Waals surface area (Å²) in [7, 11) is 0. The topological polar surface area (TPSA) is 149 Å². The number of amides is 1. The van der Waals surface area contributed by atoms with E-state index in [-0.39, 0.29) is 12.3 Å². The fourth-order valence-electron chi connectivity index (χ4n) is 5.07. The van der Waals surface area contributed by atoms with Gasteiger partial charge in [-0.3, -0.25) is 5.32 Å². The lowest BCUT2D eigenvalue weighted by atomic mass is 10.1. The number of nitrogens with one attached hydrogen (secondary N) is 2. The Balaban J connectivity index is 1.28. The minimum Gasteiger partial charge on any atom is -0.444 e. The lowest BCUT2D eigenvalue weighted by Crippen LogP contribution is -2.51. The Morgan fingerprint density at radius 3 is 2.71 bits per heavy atom. The first kappa shape index (κ1) is 26.5. The van der Waals surface area contributed by atoms with Crippen LogP contribution in [0, 0.1) is 13.8 Å². The Hall–Kier alpha value is -4.71. The predicted molar refractivity (Wildman–Crippen MR) is 157 cm³/mol. The summed E-state index contributed by atoms with van der Waals surface area (Å²) in [4.78, 5) is 27.7. The number of benzene rings is 2. The van der Waals surface area contributed by atoms with Crippen LogP contribution in [0.3, 0.4) is 0 Å². The minimum atomic E-state index is -0.579. The predicted octanol–water partition coefficient (Wildman–Crippen LogP) is 4.92. The van der Waals surface area contributed by atoms with Gasteiger partial charge in [-0.15, -0.1) is 0 Å². The molecule has 5 aromatic rings. The molecule has 0 spiro atoms. The first-order valence-corrected chi connectivity index (χ1v) is 13.5. The number of nitrogens with two attached hydrogens (primary N) is 1. The number of oxazole rings is 1. The molecule has 1 saturated heterocycles.